The van der Waals surface area contributed by atoms with Gasteiger partial charge in [0.15, 0.2) is 0 Å². The Morgan fingerprint density at radius 3 is 2.42 bits per heavy atom. The number of carbonyl (C=O) groups excluding carboxylic acids is 1. The average Bonchev–Trinajstić information content (AvgIpc) is 3.07. The lowest BCUT2D eigenvalue weighted by molar-refractivity contribution is -0.121. The fraction of sp³-hybridized carbons (Fsp3) is 0.632. The number of amides is 1. The summed E-state index contributed by atoms with van der Waals surface area (Å²) in [6.07, 6.45) is 3.20. The molecule has 2 saturated carbocycles. The molecule has 1 amide bonds. The summed E-state index contributed by atoms with van der Waals surface area (Å²) >= 11 is 0. The molecular formula is C19H29N3O3S. The molecule has 2 fully saturated rings. The number of aryl methyl sites for hydroxylation is 1. The van der Waals surface area contributed by atoms with E-state index in [1.54, 1.807) is 39.8 Å². The minimum atomic E-state index is -3.67. The van der Waals surface area contributed by atoms with E-state index in [1.807, 2.05) is 0 Å². The molecule has 2 aliphatic rings. The topological polar surface area (TPSA) is 101 Å². The van der Waals surface area contributed by atoms with Crippen molar-refractivity contribution in [1.82, 2.24) is 4.72 Å². The molecule has 2 bridgehead atoms. The van der Waals surface area contributed by atoms with Crippen molar-refractivity contribution in [3.8, 4) is 0 Å². The summed E-state index contributed by atoms with van der Waals surface area (Å²) in [7, 11) is -3.67. The predicted molar refractivity (Wildman–Crippen MR) is 102 cm³/mol. The lowest BCUT2D eigenvalue weighted by Gasteiger charge is -2.27. The Morgan fingerprint density at radius 2 is 1.85 bits per heavy atom. The standard InChI is InChI=1S/C19H29N3O3S/c1-11-5-8-14(10-15(11)26(24,25)22-19(2,3)4)21-18(23)16-12-6-7-13(9-12)17(16)20/h5,8,10,12-13,16-17,22H,6-7,9,20H2,1-4H3,(H,21,23). The SMILES string of the molecule is Cc1ccc(NC(=O)C2C3CCC(C3)C2N)cc1S(=O)(=O)NC(C)(C)C. The highest BCUT2D eigenvalue weighted by atomic mass is 32.2. The van der Waals surface area contributed by atoms with Crippen LogP contribution in [0, 0.1) is 24.7 Å². The molecule has 1 aromatic rings. The molecule has 26 heavy (non-hydrogen) atoms. The number of carbonyl (C=O) groups is 1. The smallest absolute Gasteiger partial charge is 0.241 e. The van der Waals surface area contributed by atoms with Crippen LogP contribution < -0.4 is 15.8 Å². The molecule has 6 nitrogen and oxygen atoms in total. The number of nitrogens with two attached hydrogens (primary N) is 1. The van der Waals surface area contributed by atoms with Crippen molar-refractivity contribution in [1.29, 1.82) is 0 Å². The fourth-order valence-electron chi connectivity index (χ4n) is 4.38. The van der Waals surface area contributed by atoms with Gasteiger partial charge in [-0.25, -0.2) is 13.1 Å². The maximum absolute atomic E-state index is 12.7. The summed E-state index contributed by atoms with van der Waals surface area (Å²) in [5.41, 5.74) is 6.79. The molecule has 7 heteroatoms. The van der Waals surface area contributed by atoms with Crippen molar-refractivity contribution in [2.24, 2.45) is 23.5 Å². The molecule has 144 valence electrons. The van der Waals surface area contributed by atoms with Gasteiger partial charge in [0.2, 0.25) is 15.9 Å². The zero-order chi connectivity index (χ0) is 19.3. The van der Waals surface area contributed by atoms with E-state index in [1.165, 1.54) is 6.07 Å². The van der Waals surface area contributed by atoms with Crippen molar-refractivity contribution in [2.75, 3.05) is 5.32 Å². The number of anilines is 1. The minimum absolute atomic E-state index is 0.0926. The molecule has 4 N–H and O–H groups in total. The van der Waals surface area contributed by atoms with Crippen molar-refractivity contribution in [2.45, 2.75) is 63.4 Å². The average molecular weight is 380 g/mol. The second kappa shape index (κ2) is 6.62. The van der Waals surface area contributed by atoms with E-state index in [-0.39, 0.29) is 22.8 Å². The molecule has 1 aromatic carbocycles. The Hall–Kier alpha value is -1.44. The number of hydrogen-bond acceptors (Lipinski definition) is 4. The van der Waals surface area contributed by atoms with Crippen LogP contribution in [0.15, 0.2) is 23.1 Å². The van der Waals surface area contributed by atoms with E-state index in [2.05, 4.69) is 10.0 Å². The highest BCUT2D eigenvalue weighted by Gasteiger charge is 2.49. The van der Waals surface area contributed by atoms with Crippen LogP contribution in [0.1, 0.15) is 45.6 Å². The second-order valence-corrected chi connectivity index (χ2v) is 10.4. The number of hydrogen-bond donors (Lipinski definition) is 3. The zero-order valence-corrected chi connectivity index (χ0v) is 16.7. The lowest BCUT2D eigenvalue weighted by atomic mass is 9.84. The number of sulfonamides is 1. The van der Waals surface area contributed by atoms with E-state index in [0.29, 0.717) is 23.1 Å². The number of benzene rings is 1. The van der Waals surface area contributed by atoms with E-state index in [9.17, 15) is 13.2 Å². The van der Waals surface area contributed by atoms with E-state index < -0.39 is 15.6 Å². The largest absolute Gasteiger partial charge is 0.327 e. The molecular weight excluding hydrogens is 350 g/mol. The first-order valence-electron chi connectivity index (χ1n) is 9.19. The van der Waals surface area contributed by atoms with Gasteiger partial charge in [0, 0.05) is 17.3 Å². The molecule has 0 aliphatic heterocycles. The van der Waals surface area contributed by atoms with Crippen LogP contribution in [0.25, 0.3) is 0 Å². The van der Waals surface area contributed by atoms with Crippen LogP contribution in [0.2, 0.25) is 0 Å². The van der Waals surface area contributed by atoms with Crippen molar-refractivity contribution >= 4 is 21.6 Å². The van der Waals surface area contributed by atoms with Gasteiger partial charge >= 0.3 is 0 Å². The first-order valence-corrected chi connectivity index (χ1v) is 10.7. The van der Waals surface area contributed by atoms with Gasteiger partial charge in [-0.05, 0) is 76.5 Å². The minimum Gasteiger partial charge on any atom is -0.327 e. The third kappa shape index (κ3) is 3.80. The van der Waals surface area contributed by atoms with Crippen molar-refractivity contribution in [3.05, 3.63) is 23.8 Å². The van der Waals surface area contributed by atoms with E-state index in [4.69, 9.17) is 5.73 Å². The van der Waals surface area contributed by atoms with Crippen LogP contribution in [-0.4, -0.2) is 25.9 Å². The zero-order valence-electron chi connectivity index (χ0n) is 15.9. The van der Waals surface area contributed by atoms with Crippen LogP contribution in [0.4, 0.5) is 5.69 Å². The summed E-state index contributed by atoms with van der Waals surface area (Å²) in [6, 6.07) is 4.89. The van der Waals surface area contributed by atoms with Crippen LogP contribution in [-0.2, 0) is 14.8 Å². The fourth-order valence-corrected chi connectivity index (χ4v) is 6.07. The molecule has 0 aromatic heterocycles. The molecule has 4 atom stereocenters. The van der Waals surface area contributed by atoms with Gasteiger partial charge < -0.3 is 11.1 Å². The molecule has 0 spiro atoms. The van der Waals surface area contributed by atoms with Gasteiger partial charge in [-0.3, -0.25) is 4.79 Å². The molecule has 2 aliphatic carbocycles. The quantitative estimate of drug-likeness (QED) is 0.747. The first-order chi connectivity index (χ1) is 12.0. The van der Waals surface area contributed by atoms with Crippen LogP contribution in [0.5, 0.6) is 0 Å². The van der Waals surface area contributed by atoms with Crippen LogP contribution in [0.3, 0.4) is 0 Å². The van der Waals surface area contributed by atoms with Gasteiger partial charge in [-0.15, -0.1) is 0 Å². The highest BCUT2D eigenvalue weighted by molar-refractivity contribution is 7.89. The van der Waals surface area contributed by atoms with Gasteiger partial charge in [-0.1, -0.05) is 6.07 Å². The van der Waals surface area contributed by atoms with Crippen LogP contribution >= 0.6 is 0 Å². The van der Waals surface area contributed by atoms with Gasteiger partial charge in [0.1, 0.15) is 0 Å². The summed E-state index contributed by atoms with van der Waals surface area (Å²) in [4.78, 5) is 12.9. The summed E-state index contributed by atoms with van der Waals surface area (Å²) in [5, 5.41) is 2.89. The van der Waals surface area contributed by atoms with Gasteiger partial charge in [0.25, 0.3) is 0 Å². The molecule has 0 heterocycles. The molecule has 0 saturated heterocycles. The Labute approximate surface area is 156 Å². The number of rotatable bonds is 4. The monoisotopic (exact) mass is 379 g/mol. The molecule has 0 radical (unpaired) electrons. The third-order valence-corrected chi connectivity index (χ3v) is 7.37. The summed E-state index contributed by atoms with van der Waals surface area (Å²) in [5.74, 6) is 0.524. The van der Waals surface area contributed by atoms with E-state index >= 15 is 0 Å². The molecule has 4 unspecified atom stereocenters. The Balaban J connectivity index is 1.81. The third-order valence-electron chi connectivity index (χ3n) is 5.47. The second-order valence-electron chi connectivity index (χ2n) is 8.76. The van der Waals surface area contributed by atoms with Gasteiger partial charge in [0.05, 0.1) is 10.8 Å². The molecule has 3 rings (SSSR count). The number of fused-ring (bicyclic) bond motifs is 2. The van der Waals surface area contributed by atoms with E-state index in [0.717, 1.165) is 19.3 Å². The van der Waals surface area contributed by atoms with Crippen molar-refractivity contribution in [3.63, 3.8) is 0 Å². The summed E-state index contributed by atoms with van der Waals surface area (Å²) < 4.78 is 28.0. The predicted octanol–water partition coefficient (Wildman–Crippen LogP) is 2.38. The Kier molecular flexibility index (Phi) is 4.92. The Bertz CT molecular complexity index is 812. The maximum Gasteiger partial charge on any atom is 0.241 e. The van der Waals surface area contributed by atoms with Crippen molar-refractivity contribution < 1.29 is 13.2 Å². The maximum atomic E-state index is 12.7. The summed E-state index contributed by atoms with van der Waals surface area (Å²) in [6.45, 7) is 7.13. The lowest BCUT2D eigenvalue weighted by Crippen LogP contribution is -2.42. The highest BCUT2D eigenvalue weighted by Crippen LogP contribution is 2.47. The Morgan fingerprint density at radius 1 is 1.19 bits per heavy atom. The first kappa shape index (κ1) is 19.3. The van der Waals surface area contributed by atoms with Gasteiger partial charge in [-0.2, -0.15) is 0 Å². The normalized spacial score (nSPS) is 28.3. The number of nitrogens with one attached hydrogen (secondary N) is 2.